The summed E-state index contributed by atoms with van der Waals surface area (Å²) >= 11 is 0. The number of urea groups is 1. The van der Waals surface area contributed by atoms with Gasteiger partial charge in [-0.2, -0.15) is 0 Å². The lowest BCUT2D eigenvalue weighted by Gasteiger charge is -2.25. The normalized spacial score (nSPS) is 16.7. The summed E-state index contributed by atoms with van der Waals surface area (Å²) in [7, 11) is 0. The maximum absolute atomic E-state index is 11.8. The molecule has 1 atom stereocenters. The summed E-state index contributed by atoms with van der Waals surface area (Å²) in [5.41, 5.74) is 5.98. The number of primary amides is 1. The number of nitrogens with two attached hydrogens (primary N) is 1. The van der Waals surface area contributed by atoms with Gasteiger partial charge in [-0.25, -0.2) is 4.79 Å². The first kappa shape index (κ1) is 13.4. The summed E-state index contributed by atoms with van der Waals surface area (Å²) in [6.45, 7) is 3.46. The minimum atomic E-state index is -0.830. The highest BCUT2D eigenvalue weighted by atomic mass is 16.5. The minimum Gasteiger partial charge on any atom is -0.492 e. The van der Waals surface area contributed by atoms with Crippen LogP contribution in [0.15, 0.2) is 24.3 Å². The topological polar surface area (TPSA) is 84.7 Å². The fraction of sp³-hybridized carbons (Fsp3) is 0.385. The molecule has 1 heterocycles. The first-order valence-electron chi connectivity index (χ1n) is 6.13. The van der Waals surface area contributed by atoms with Crippen LogP contribution in [-0.4, -0.2) is 36.0 Å². The zero-order valence-corrected chi connectivity index (χ0v) is 10.8. The number of hydrogen-bond acceptors (Lipinski definition) is 4. The number of imide groups is 1. The van der Waals surface area contributed by atoms with Gasteiger partial charge in [0.05, 0.1) is 6.04 Å². The van der Waals surface area contributed by atoms with Crippen LogP contribution in [0.4, 0.5) is 4.79 Å². The monoisotopic (exact) mass is 263 g/mol. The first-order valence-corrected chi connectivity index (χ1v) is 6.13. The Balaban J connectivity index is 2.09. The number of para-hydroxylation sites is 1. The van der Waals surface area contributed by atoms with E-state index in [1.54, 1.807) is 6.92 Å². The number of amides is 3. The quantitative estimate of drug-likeness (QED) is 0.812. The van der Waals surface area contributed by atoms with Crippen LogP contribution in [0.3, 0.4) is 0 Å². The van der Waals surface area contributed by atoms with Gasteiger partial charge in [-0.1, -0.05) is 18.2 Å². The van der Waals surface area contributed by atoms with Gasteiger partial charge in [-0.3, -0.25) is 15.0 Å². The van der Waals surface area contributed by atoms with E-state index in [0.29, 0.717) is 19.7 Å². The Hall–Kier alpha value is -2.08. The van der Waals surface area contributed by atoms with Crippen LogP contribution in [-0.2, 0) is 11.3 Å². The second-order valence-electron chi connectivity index (χ2n) is 4.46. The fourth-order valence-corrected chi connectivity index (χ4v) is 2.07. The van der Waals surface area contributed by atoms with Crippen molar-refractivity contribution in [1.29, 1.82) is 0 Å². The number of benzene rings is 1. The lowest BCUT2D eigenvalue weighted by Crippen LogP contribution is -2.48. The second-order valence-corrected chi connectivity index (χ2v) is 4.46. The number of nitrogens with zero attached hydrogens (tertiary/aromatic N) is 1. The standard InChI is InChI=1S/C13H17N3O3/c1-9(12(17)15-13(14)18)16-6-7-19-11-5-3-2-4-10(11)8-16/h2-5,9H,6-8H2,1H3,(H3,14,15,17,18)/t9-/m0/s1. The van der Waals surface area contributed by atoms with E-state index < -0.39 is 18.0 Å². The minimum absolute atomic E-state index is 0.396. The molecule has 0 spiro atoms. The van der Waals surface area contributed by atoms with Gasteiger partial charge in [0, 0.05) is 18.7 Å². The maximum Gasteiger partial charge on any atom is 0.318 e. The van der Waals surface area contributed by atoms with E-state index in [-0.39, 0.29) is 0 Å². The third kappa shape index (κ3) is 3.23. The van der Waals surface area contributed by atoms with Crippen molar-refractivity contribution in [1.82, 2.24) is 10.2 Å². The Morgan fingerprint density at radius 1 is 1.42 bits per heavy atom. The predicted octanol–water partition coefficient (Wildman–Crippen LogP) is 0.464. The lowest BCUT2D eigenvalue weighted by atomic mass is 10.1. The second kappa shape index (κ2) is 5.71. The van der Waals surface area contributed by atoms with E-state index in [4.69, 9.17) is 10.5 Å². The van der Waals surface area contributed by atoms with Crippen molar-refractivity contribution in [2.45, 2.75) is 19.5 Å². The van der Waals surface area contributed by atoms with Crippen molar-refractivity contribution in [2.24, 2.45) is 5.73 Å². The molecule has 1 aromatic carbocycles. The van der Waals surface area contributed by atoms with Gasteiger partial charge < -0.3 is 10.5 Å². The molecule has 3 amide bonds. The summed E-state index contributed by atoms with van der Waals surface area (Å²) in [4.78, 5) is 24.4. The molecule has 1 aliphatic rings. The molecular weight excluding hydrogens is 246 g/mol. The van der Waals surface area contributed by atoms with E-state index in [2.05, 4.69) is 5.32 Å². The molecule has 19 heavy (non-hydrogen) atoms. The highest BCUT2D eigenvalue weighted by Gasteiger charge is 2.25. The average Bonchev–Trinajstić information content (AvgIpc) is 2.58. The zero-order valence-electron chi connectivity index (χ0n) is 10.8. The highest BCUT2D eigenvalue weighted by molar-refractivity contribution is 5.96. The molecule has 0 saturated carbocycles. The van der Waals surface area contributed by atoms with E-state index in [9.17, 15) is 9.59 Å². The smallest absolute Gasteiger partial charge is 0.318 e. The number of rotatable bonds is 2. The van der Waals surface area contributed by atoms with Crippen LogP contribution in [0.25, 0.3) is 0 Å². The van der Waals surface area contributed by atoms with E-state index in [0.717, 1.165) is 11.3 Å². The molecule has 0 aliphatic carbocycles. The molecule has 2 rings (SSSR count). The van der Waals surface area contributed by atoms with Crippen LogP contribution in [0.2, 0.25) is 0 Å². The van der Waals surface area contributed by atoms with Gasteiger partial charge in [-0.15, -0.1) is 0 Å². The summed E-state index contributed by atoms with van der Waals surface area (Å²) in [5, 5.41) is 2.10. The van der Waals surface area contributed by atoms with Gasteiger partial charge in [0.15, 0.2) is 0 Å². The first-order chi connectivity index (χ1) is 9.08. The molecule has 0 bridgehead atoms. The molecule has 3 N–H and O–H groups in total. The Morgan fingerprint density at radius 2 is 2.16 bits per heavy atom. The summed E-state index contributed by atoms with van der Waals surface area (Å²) < 4.78 is 5.62. The van der Waals surface area contributed by atoms with E-state index >= 15 is 0 Å². The zero-order chi connectivity index (χ0) is 13.8. The molecule has 0 fully saturated rings. The highest BCUT2D eigenvalue weighted by Crippen LogP contribution is 2.23. The average molecular weight is 263 g/mol. The van der Waals surface area contributed by atoms with Crippen LogP contribution >= 0.6 is 0 Å². The third-order valence-corrected chi connectivity index (χ3v) is 3.16. The number of carbonyl (C=O) groups is 2. The Bertz CT molecular complexity index is 490. The van der Waals surface area contributed by atoms with E-state index in [1.165, 1.54) is 0 Å². The molecule has 1 aliphatic heterocycles. The number of nitrogens with one attached hydrogen (secondary N) is 1. The van der Waals surface area contributed by atoms with Gasteiger partial charge in [-0.05, 0) is 13.0 Å². The molecule has 6 heteroatoms. The van der Waals surface area contributed by atoms with Crippen LogP contribution in [0, 0.1) is 0 Å². The maximum atomic E-state index is 11.8. The fourth-order valence-electron chi connectivity index (χ4n) is 2.07. The number of carbonyl (C=O) groups excluding carboxylic acids is 2. The van der Waals surface area contributed by atoms with Crippen molar-refractivity contribution >= 4 is 11.9 Å². The Labute approximate surface area is 111 Å². The molecule has 0 unspecified atom stereocenters. The van der Waals surface area contributed by atoms with Crippen molar-refractivity contribution < 1.29 is 14.3 Å². The number of fused-ring (bicyclic) bond motifs is 1. The third-order valence-electron chi connectivity index (χ3n) is 3.16. The van der Waals surface area contributed by atoms with Crippen molar-refractivity contribution in [3.05, 3.63) is 29.8 Å². The molecule has 6 nitrogen and oxygen atoms in total. The summed E-state index contributed by atoms with van der Waals surface area (Å²) in [5.74, 6) is 0.444. The van der Waals surface area contributed by atoms with Gasteiger partial charge in [0.2, 0.25) is 5.91 Å². The van der Waals surface area contributed by atoms with Gasteiger partial charge in [0.1, 0.15) is 12.4 Å². The molecule has 102 valence electrons. The summed E-state index contributed by atoms with van der Waals surface area (Å²) in [6.07, 6.45) is 0. The van der Waals surface area contributed by atoms with Crippen molar-refractivity contribution in [2.75, 3.05) is 13.2 Å². The van der Waals surface area contributed by atoms with Crippen LogP contribution in [0.1, 0.15) is 12.5 Å². The molecule has 1 aromatic rings. The Kier molecular flexibility index (Phi) is 4.01. The van der Waals surface area contributed by atoms with Gasteiger partial charge in [0.25, 0.3) is 0 Å². The Morgan fingerprint density at radius 3 is 2.89 bits per heavy atom. The van der Waals surface area contributed by atoms with E-state index in [1.807, 2.05) is 29.2 Å². The van der Waals surface area contributed by atoms with Crippen molar-refractivity contribution in [3.63, 3.8) is 0 Å². The molecule has 0 radical (unpaired) electrons. The molecule has 0 saturated heterocycles. The molecule has 0 aromatic heterocycles. The number of hydrogen-bond donors (Lipinski definition) is 2. The SMILES string of the molecule is C[C@@H](C(=O)NC(N)=O)N1CCOc2ccccc2C1. The van der Waals surface area contributed by atoms with Crippen LogP contribution in [0.5, 0.6) is 5.75 Å². The van der Waals surface area contributed by atoms with Gasteiger partial charge >= 0.3 is 6.03 Å². The predicted molar refractivity (Wildman–Crippen MR) is 69.5 cm³/mol. The molecular formula is C13H17N3O3. The van der Waals surface area contributed by atoms with Crippen LogP contribution < -0.4 is 15.8 Å². The number of ether oxygens (including phenoxy) is 1. The van der Waals surface area contributed by atoms with Crippen molar-refractivity contribution in [3.8, 4) is 5.75 Å². The lowest BCUT2D eigenvalue weighted by molar-refractivity contribution is -0.124. The summed E-state index contributed by atoms with van der Waals surface area (Å²) in [6, 6.07) is 6.45. The largest absolute Gasteiger partial charge is 0.492 e.